The Morgan fingerprint density at radius 3 is 1.90 bits per heavy atom. The van der Waals surface area contributed by atoms with Gasteiger partial charge in [-0.1, -0.05) is 13.2 Å². The second-order valence-electron chi connectivity index (χ2n) is 6.68. The van der Waals surface area contributed by atoms with E-state index >= 15 is 0 Å². The van der Waals surface area contributed by atoms with Crippen LogP contribution in [0, 0.1) is 0 Å². The Morgan fingerprint density at radius 1 is 1.05 bits per heavy atom. The van der Waals surface area contributed by atoms with Crippen molar-refractivity contribution in [3.8, 4) is 0 Å². The first-order valence-electron chi connectivity index (χ1n) is 7.05. The minimum absolute atomic E-state index is 0.133. The monoisotopic (exact) mass is 296 g/mol. The second-order valence-corrected chi connectivity index (χ2v) is 6.68. The van der Waals surface area contributed by atoms with Crippen molar-refractivity contribution in [1.29, 1.82) is 0 Å². The first-order chi connectivity index (χ1) is 9.28. The van der Waals surface area contributed by atoms with Gasteiger partial charge in [-0.05, 0) is 54.0 Å². The molecule has 0 aromatic rings. The second kappa shape index (κ2) is 7.03. The highest BCUT2D eigenvalue weighted by Crippen LogP contribution is 2.24. The van der Waals surface area contributed by atoms with Gasteiger partial charge in [-0.2, -0.15) is 0 Å². The first-order valence-corrected chi connectivity index (χ1v) is 7.05. The zero-order valence-corrected chi connectivity index (χ0v) is 14.3. The predicted octanol–water partition coefficient (Wildman–Crippen LogP) is 3.60. The number of esters is 1. The lowest BCUT2D eigenvalue weighted by atomic mass is 9.96. The Morgan fingerprint density at radius 2 is 1.52 bits per heavy atom. The van der Waals surface area contributed by atoms with Crippen molar-refractivity contribution in [2.45, 2.75) is 72.2 Å². The number of Topliss-reactive ketones (excluding diaryl/α,β-unsaturated/α-hetero) is 1. The van der Waals surface area contributed by atoms with Crippen molar-refractivity contribution < 1.29 is 19.1 Å². The summed E-state index contributed by atoms with van der Waals surface area (Å²) in [6.45, 7) is 19.4. The van der Waals surface area contributed by atoms with E-state index in [0.717, 1.165) is 0 Å². The molecule has 0 spiro atoms. The van der Waals surface area contributed by atoms with Crippen molar-refractivity contribution in [1.82, 2.24) is 0 Å². The average molecular weight is 296 g/mol. The lowest BCUT2D eigenvalue weighted by molar-refractivity contribution is -0.161. The van der Waals surface area contributed by atoms with Gasteiger partial charge in [-0.15, -0.1) is 0 Å². The molecule has 1 unspecified atom stereocenters. The molecular formula is C17H28O4. The van der Waals surface area contributed by atoms with Crippen LogP contribution in [0.15, 0.2) is 24.3 Å². The zero-order valence-electron chi connectivity index (χ0n) is 14.3. The molecule has 0 aliphatic rings. The van der Waals surface area contributed by atoms with Crippen molar-refractivity contribution >= 4 is 11.8 Å². The molecule has 0 aliphatic heterocycles. The van der Waals surface area contributed by atoms with Crippen LogP contribution < -0.4 is 0 Å². The molecule has 0 aliphatic carbocycles. The van der Waals surface area contributed by atoms with Crippen LogP contribution in [-0.4, -0.2) is 29.1 Å². The summed E-state index contributed by atoms with van der Waals surface area (Å²) in [6, 6.07) is 0. The summed E-state index contributed by atoms with van der Waals surface area (Å²) >= 11 is 0. The Bertz CT molecular complexity index is 444. The molecule has 0 saturated heterocycles. The standard InChI is InChI=1S/C17H28O4/c1-11(2)14(18)17(8,9)20-13(5)10-16(6,7)21-15(19)12(3)4/h13H,1,3,10H2,2,4-9H3. The smallest absolute Gasteiger partial charge is 0.333 e. The minimum atomic E-state index is -0.945. The molecule has 21 heavy (non-hydrogen) atoms. The van der Waals surface area contributed by atoms with E-state index in [9.17, 15) is 9.59 Å². The SMILES string of the molecule is C=C(C)C(=O)OC(C)(C)CC(C)OC(C)(C)C(=O)C(=C)C. The van der Waals surface area contributed by atoms with Crippen molar-refractivity contribution in [3.63, 3.8) is 0 Å². The molecule has 0 heterocycles. The molecule has 0 saturated carbocycles. The van der Waals surface area contributed by atoms with Gasteiger partial charge in [0.25, 0.3) is 0 Å². The number of ketones is 1. The zero-order chi connectivity index (χ0) is 17.0. The van der Waals surface area contributed by atoms with Crippen LogP contribution in [-0.2, 0) is 19.1 Å². The van der Waals surface area contributed by atoms with E-state index in [2.05, 4.69) is 13.2 Å². The fraction of sp³-hybridized carbons (Fsp3) is 0.647. The molecule has 0 radical (unpaired) electrons. The highest BCUT2D eigenvalue weighted by molar-refractivity contribution is 6.00. The highest BCUT2D eigenvalue weighted by atomic mass is 16.6. The lowest BCUT2D eigenvalue weighted by Crippen LogP contribution is -2.41. The Labute approximate surface area is 128 Å². The molecule has 1 atom stereocenters. The Kier molecular flexibility index (Phi) is 6.55. The van der Waals surface area contributed by atoms with Gasteiger partial charge in [0, 0.05) is 12.0 Å². The van der Waals surface area contributed by atoms with E-state index in [1.807, 2.05) is 6.92 Å². The number of carbonyl (C=O) groups is 2. The summed E-state index contributed by atoms with van der Waals surface area (Å²) in [4.78, 5) is 23.6. The van der Waals surface area contributed by atoms with Crippen LogP contribution in [0.3, 0.4) is 0 Å². The molecule has 0 aromatic carbocycles. The van der Waals surface area contributed by atoms with E-state index in [-0.39, 0.29) is 11.9 Å². The summed E-state index contributed by atoms with van der Waals surface area (Å²) in [5, 5.41) is 0. The fourth-order valence-corrected chi connectivity index (χ4v) is 2.18. The molecule has 0 rings (SSSR count). The van der Waals surface area contributed by atoms with Gasteiger partial charge in [0.15, 0.2) is 5.78 Å². The third-order valence-corrected chi connectivity index (χ3v) is 2.93. The third kappa shape index (κ3) is 6.71. The minimum Gasteiger partial charge on any atom is -0.456 e. The van der Waals surface area contributed by atoms with Crippen LogP contribution in [0.4, 0.5) is 0 Å². The highest BCUT2D eigenvalue weighted by Gasteiger charge is 2.33. The molecule has 0 bridgehead atoms. The van der Waals surface area contributed by atoms with Gasteiger partial charge in [-0.25, -0.2) is 4.79 Å². The maximum absolute atomic E-state index is 12.0. The van der Waals surface area contributed by atoms with Gasteiger partial charge < -0.3 is 9.47 Å². The number of hydrogen-bond donors (Lipinski definition) is 0. The summed E-state index contributed by atoms with van der Waals surface area (Å²) in [7, 11) is 0. The molecule has 0 N–H and O–H groups in total. The molecule has 0 aromatic heterocycles. The topological polar surface area (TPSA) is 52.6 Å². The summed E-state index contributed by atoms with van der Waals surface area (Å²) in [5.41, 5.74) is -0.827. The molecule has 0 fully saturated rings. The quantitative estimate of drug-likeness (QED) is 0.507. The molecule has 120 valence electrons. The van der Waals surface area contributed by atoms with Crippen LogP contribution in [0.5, 0.6) is 0 Å². The number of ether oxygens (including phenoxy) is 2. The first kappa shape index (κ1) is 19.6. The number of carbonyl (C=O) groups excluding carboxylic acids is 2. The Balaban J connectivity index is 4.71. The van der Waals surface area contributed by atoms with Gasteiger partial charge in [-0.3, -0.25) is 4.79 Å². The van der Waals surface area contributed by atoms with Crippen LogP contribution in [0.2, 0.25) is 0 Å². The lowest BCUT2D eigenvalue weighted by Gasteiger charge is -2.33. The number of rotatable bonds is 8. The average Bonchev–Trinajstić information content (AvgIpc) is 2.24. The predicted molar refractivity (Wildman–Crippen MR) is 84.0 cm³/mol. The van der Waals surface area contributed by atoms with Gasteiger partial charge >= 0.3 is 5.97 Å². The van der Waals surface area contributed by atoms with Crippen LogP contribution >= 0.6 is 0 Å². The van der Waals surface area contributed by atoms with Crippen molar-refractivity contribution in [3.05, 3.63) is 24.3 Å². The van der Waals surface area contributed by atoms with Gasteiger partial charge in [0.1, 0.15) is 11.2 Å². The summed E-state index contributed by atoms with van der Waals surface area (Å²) in [6.07, 6.45) is 0.218. The molecule has 0 amide bonds. The van der Waals surface area contributed by atoms with Crippen molar-refractivity contribution in [2.24, 2.45) is 0 Å². The van der Waals surface area contributed by atoms with Crippen LogP contribution in [0.25, 0.3) is 0 Å². The maximum Gasteiger partial charge on any atom is 0.333 e. The van der Waals surface area contributed by atoms with E-state index in [1.165, 1.54) is 0 Å². The van der Waals surface area contributed by atoms with Gasteiger partial charge in [0.05, 0.1) is 6.10 Å². The third-order valence-electron chi connectivity index (χ3n) is 2.93. The van der Waals surface area contributed by atoms with Gasteiger partial charge in [0.2, 0.25) is 0 Å². The van der Waals surface area contributed by atoms with E-state index in [0.29, 0.717) is 17.6 Å². The van der Waals surface area contributed by atoms with Crippen molar-refractivity contribution in [2.75, 3.05) is 0 Å². The summed E-state index contributed by atoms with van der Waals surface area (Å²) < 4.78 is 11.2. The molecule has 4 nitrogen and oxygen atoms in total. The Hall–Kier alpha value is -1.42. The molecule has 4 heteroatoms. The normalized spacial score (nSPS) is 13.5. The molecular weight excluding hydrogens is 268 g/mol. The van der Waals surface area contributed by atoms with Crippen LogP contribution in [0.1, 0.15) is 54.9 Å². The van der Waals surface area contributed by atoms with E-state index in [1.54, 1.807) is 41.5 Å². The van der Waals surface area contributed by atoms with E-state index < -0.39 is 17.2 Å². The largest absolute Gasteiger partial charge is 0.456 e. The maximum atomic E-state index is 12.0. The fourth-order valence-electron chi connectivity index (χ4n) is 2.18. The van der Waals surface area contributed by atoms with E-state index in [4.69, 9.17) is 9.47 Å². The summed E-state index contributed by atoms with van der Waals surface area (Å²) in [5.74, 6) is -0.560. The number of hydrogen-bond acceptors (Lipinski definition) is 4.